The van der Waals surface area contributed by atoms with Gasteiger partial charge in [0.2, 0.25) is 0 Å². The Labute approximate surface area is 166 Å². The van der Waals surface area contributed by atoms with Crippen molar-refractivity contribution in [1.29, 1.82) is 0 Å². The summed E-state index contributed by atoms with van der Waals surface area (Å²) in [6, 6.07) is 7.29. The van der Waals surface area contributed by atoms with Crippen LogP contribution in [0.15, 0.2) is 24.3 Å². The highest BCUT2D eigenvalue weighted by Crippen LogP contribution is 2.27. The Morgan fingerprint density at radius 2 is 2.11 bits per heavy atom. The van der Waals surface area contributed by atoms with Crippen LogP contribution in [-0.2, 0) is 27.7 Å². The quantitative estimate of drug-likeness (QED) is 0.736. The van der Waals surface area contributed by atoms with E-state index in [2.05, 4.69) is 5.10 Å². The number of carbonyl (C=O) groups is 1. The van der Waals surface area contributed by atoms with E-state index < -0.39 is 9.84 Å². The molecule has 0 N–H and O–H groups in total. The van der Waals surface area contributed by atoms with Crippen molar-refractivity contribution in [3.05, 3.63) is 52.3 Å². The summed E-state index contributed by atoms with van der Waals surface area (Å²) in [5.74, 6) is 0.268. The first-order chi connectivity index (χ1) is 13.2. The van der Waals surface area contributed by atoms with Gasteiger partial charge in [-0.2, -0.15) is 5.10 Å². The summed E-state index contributed by atoms with van der Waals surface area (Å²) in [7, 11) is 0.409. The van der Waals surface area contributed by atoms with Crippen molar-refractivity contribution in [3.63, 3.8) is 0 Å². The fourth-order valence-corrected chi connectivity index (χ4v) is 5.43. The van der Waals surface area contributed by atoms with Gasteiger partial charge in [0.1, 0.15) is 0 Å². The fraction of sp³-hybridized carbons (Fsp3) is 0.500. The van der Waals surface area contributed by atoms with Crippen LogP contribution >= 0.6 is 0 Å². The predicted molar refractivity (Wildman–Crippen MR) is 107 cm³/mol. The Kier molecular flexibility index (Phi) is 5.90. The van der Waals surface area contributed by atoms with Crippen molar-refractivity contribution in [2.75, 3.05) is 25.7 Å². The minimum Gasteiger partial charge on any atom is -0.380 e. The molecule has 1 amide bonds. The van der Waals surface area contributed by atoms with Gasteiger partial charge in [-0.1, -0.05) is 12.1 Å². The van der Waals surface area contributed by atoms with Gasteiger partial charge in [-0.05, 0) is 38.0 Å². The molecule has 7 nitrogen and oxygen atoms in total. The highest BCUT2D eigenvalue weighted by Gasteiger charge is 2.31. The van der Waals surface area contributed by atoms with E-state index in [0.717, 1.165) is 22.5 Å². The van der Waals surface area contributed by atoms with E-state index in [1.165, 1.54) is 0 Å². The second kappa shape index (κ2) is 8.05. The first-order valence-electron chi connectivity index (χ1n) is 9.30. The average molecular weight is 406 g/mol. The molecular formula is C20H27N3O4S. The molecule has 2 heterocycles. The van der Waals surface area contributed by atoms with Gasteiger partial charge in [0.05, 0.1) is 29.8 Å². The molecule has 1 saturated heterocycles. The third-order valence-electron chi connectivity index (χ3n) is 5.26. The summed E-state index contributed by atoms with van der Waals surface area (Å²) >= 11 is 0. The van der Waals surface area contributed by atoms with E-state index >= 15 is 0 Å². The molecule has 1 fully saturated rings. The number of aryl methyl sites for hydroxylation is 1. The van der Waals surface area contributed by atoms with E-state index in [0.29, 0.717) is 25.1 Å². The largest absolute Gasteiger partial charge is 0.380 e. The van der Waals surface area contributed by atoms with Gasteiger partial charge in [-0.25, -0.2) is 8.42 Å². The molecule has 1 aliphatic rings. The Hall–Kier alpha value is -2.19. The van der Waals surface area contributed by atoms with Crippen molar-refractivity contribution in [2.45, 2.75) is 39.5 Å². The van der Waals surface area contributed by atoms with Gasteiger partial charge in [0.25, 0.3) is 5.91 Å². The van der Waals surface area contributed by atoms with Gasteiger partial charge in [-0.3, -0.25) is 9.48 Å². The van der Waals surface area contributed by atoms with Crippen LogP contribution in [0.5, 0.6) is 0 Å². The second-order valence-electron chi connectivity index (χ2n) is 7.45. The molecule has 1 aromatic heterocycles. The van der Waals surface area contributed by atoms with Crippen molar-refractivity contribution in [1.82, 2.24) is 14.7 Å². The van der Waals surface area contributed by atoms with Crippen molar-refractivity contribution >= 4 is 15.7 Å². The van der Waals surface area contributed by atoms with E-state index in [4.69, 9.17) is 4.74 Å². The number of hydrogen-bond acceptors (Lipinski definition) is 5. The molecule has 8 heteroatoms. The lowest BCUT2D eigenvalue weighted by molar-refractivity contribution is 0.0784. The van der Waals surface area contributed by atoms with Gasteiger partial charge < -0.3 is 9.64 Å². The SMILES string of the molecule is COCc1cccc(C(=O)N(C)Cc2c(C)nn([C@@H]3CCS(=O)(=O)C3)c2C)c1. The van der Waals surface area contributed by atoms with Crippen LogP contribution < -0.4 is 0 Å². The number of rotatable bonds is 6. The van der Waals surface area contributed by atoms with E-state index in [1.54, 1.807) is 25.1 Å². The lowest BCUT2D eigenvalue weighted by Crippen LogP contribution is -2.27. The molecule has 0 bridgehead atoms. The highest BCUT2D eigenvalue weighted by molar-refractivity contribution is 7.91. The smallest absolute Gasteiger partial charge is 0.253 e. The molecule has 1 aliphatic heterocycles. The Bertz CT molecular complexity index is 981. The number of aromatic nitrogens is 2. The van der Waals surface area contributed by atoms with Crippen LogP contribution in [0, 0.1) is 13.8 Å². The highest BCUT2D eigenvalue weighted by atomic mass is 32.2. The monoisotopic (exact) mass is 405 g/mol. The van der Waals surface area contributed by atoms with Gasteiger partial charge in [0.15, 0.2) is 9.84 Å². The molecule has 0 saturated carbocycles. The average Bonchev–Trinajstić information content (AvgIpc) is 3.15. The van der Waals surface area contributed by atoms with Crippen LogP contribution in [-0.4, -0.2) is 54.7 Å². The summed E-state index contributed by atoms with van der Waals surface area (Å²) in [6.07, 6.45) is 0.588. The maximum atomic E-state index is 12.9. The van der Waals surface area contributed by atoms with Gasteiger partial charge in [-0.15, -0.1) is 0 Å². The number of amides is 1. The Balaban J connectivity index is 1.78. The Morgan fingerprint density at radius 1 is 1.36 bits per heavy atom. The normalized spacial score (nSPS) is 18.4. The van der Waals surface area contributed by atoms with Crippen molar-refractivity contribution < 1.29 is 17.9 Å². The molecule has 28 heavy (non-hydrogen) atoms. The molecule has 1 atom stereocenters. The maximum Gasteiger partial charge on any atom is 0.253 e. The Morgan fingerprint density at radius 3 is 2.75 bits per heavy atom. The van der Waals surface area contributed by atoms with Crippen LogP contribution in [0.2, 0.25) is 0 Å². The van der Waals surface area contributed by atoms with Gasteiger partial charge in [0, 0.05) is 37.5 Å². The molecule has 2 aromatic rings. The summed E-state index contributed by atoms with van der Waals surface area (Å²) in [5.41, 5.74) is 4.28. The van der Waals surface area contributed by atoms with Crippen LogP contribution in [0.4, 0.5) is 0 Å². The van der Waals surface area contributed by atoms with E-state index in [9.17, 15) is 13.2 Å². The summed E-state index contributed by atoms with van der Waals surface area (Å²) < 4.78 is 30.6. The van der Waals surface area contributed by atoms with Crippen LogP contribution in [0.3, 0.4) is 0 Å². The zero-order valence-electron chi connectivity index (χ0n) is 16.8. The number of carbonyl (C=O) groups excluding carboxylic acids is 1. The minimum atomic E-state index is -2.98. The lowest BCUT2D eigenvalue weighted by atomic mass is 10.1. The van der Waals surface area contributed by atoms with Crippen LogP contribution in [0.1, 0.15) is 45.3 Å². The molecule has 0 spiro atoms. The predicted octanol–water partition coefficient (Wildman–Crippen LogP) is 2.28. The summed E-state index contributed by atoms with van der Waals surface area (Å²) in [5, 5.41) is 4.58. The molecule has 1 aromatic carbocycles. The topological polar surface area (TPSA) is 81.5 Å². The maximum absolute atomic E-state index is 12.9. The second-order valence-corrected chi connectivity index (χ2v) is 9.67. The minimum absolute atomic E-state index is 0.0760. The molecule has 0 unspecified atom stereocenters. The number of sulfone groups is 1. The molecule has 3 rings (SSSR count). The number of ether oxygens (including phenoxy) is 1. The number of benzene rings is 1. The number of hydrogen-bond donors (Lipinski definition) is 0. The van der Waals surface area contributed by atoms with Gasteiger partial charge >= 0.3 is 0 Å². The van der Waals surface area contributed by atoms with E-state index in [1.807, 2.05) is 36.7 Å². The molecule has 0 radical (unpaired) electrons. The third kappa shape index (κ3) is 4.28. The number of methoxy groups -OCH3 is 1. The zero-order valence-corrected chi connectivity index (χ0v) is 17.6. The van der Waals surface area contributed by atoms with Crippen molar-refractivity contribution in [2.24, 2.45) is 0 Å². The zero-order chi connectivity index (χ0) is 20.5. The molecular weight excluding hydrogens is 378 g/mol. The molecule has 0 aliphatic carbocycles. The summed E-state index contributed by atoms with van der Waals surface area (Å²) in [4.78, 5) is 14.5. The summed E-state index contributed by atoms with van der Waals surface area (Å²) in [6.45, 7) is 4.72. The third-order valence-corrected chi connectivity index (χ3v) is 7.01. The van der Waals surface area contributed by atoms with Crippen LogP contribution in [0.25, 0.3) is 0 Å². The first-order valence-corrected chi connectivity index (χ1v) is 11.1. The van der Waals surface area contributed by atoms with E-state index in [-0.39, 0.29) is 23.5 Å². The van der Waals surface area contributed by atoms with Crippen molar-refractivity contribution in [3.8, 4) is 0 Å². The lowest BCUT2D eigenvalue weighted by Gasteiger charge is -2.18. The standard InChI is InChI=1S/C20H27N3O4S/c1-14-19(15(2)23(21-14)18-8-9-28(25,26)13-18)11-22(3)20(24)17-7-5-6-16(10-17)12-27-4/h5-7,10,18H,8-9,11-13H2,1-4H3/t18-/m1/s1. The number of nitrogens with zero attached hydrogens (tertiary/aromatic N) is 3. The molecule has 152 valence electrons. The first kappa shape index (κ1) is 20.5. The fourth-order valence-electron chi connectivity index (χ4n) is 3.74.